The molecule has 2 aromatic heterocycles. The van der Waals surface area contributed by atoms with E-state index in [9.17, 15) is 0 Å². The first-order chi connectivity index (χ1) is 9.72. The highest BCUT2D eigenvalue weighted by Gasteiger charge is 2.13. The molecule has 4 N–H and O–H groups in total. The van der Waals surface area contributed by atoms with Crippen LogP contribution in [0.5, 0.6) is 0 Å². The van der Waals surface area contributed by atoms with Gasteiger partial charge in [0.15, 0.2) is 0 Å². The van der Waals surface area contributed by atoms with E-state index in [4.69, 9.17) is 5.84 Å². The molecule has 0 radical (unpaired) electrons. The highest BCUT2D eigenvalue weighted by atomic mass is 15.3. The van der Waals surface area contributed by atoms with Gasteiger partial charge in [-0.3, -0.25) is 4.98 Å². The van der Waals surface area contributed by atoms with E-state index in [1.54, 1.807) is 6.20 Å². The van der Waals surface area contributed by atoms with Crippen LogP contribution in [-0.4, -0.2) is 21.5 Å². The first-order valence-corrected chi connectivity index (χ1v) is 6.67. The molecule has 0 saturated carbocycles. The van der Waals surface area contributed by atoms with Crippen LogP contribution in [0.1, 0.15) is 31.0 Å². The number of hydrogen-bond donors (Lipinski definition) is 3. The second kappa shape index (κ2) is 6.81. The maximum atomic E-state index is 5.50. The van der Waals surface area contributed by atoms with Gasteiger partial charge in [-0.2, -0.15) is 0 Å². The SMILES string of the molecule is CC(C)c1c(NN)ncnc1NCCc1ccccn1. The van der Waals surface area contributed by atoms with Crippen molar-refractivity contribution >= 4 is 11.6 Å². The fraction of sp³-hybridized carbons (Fsp3) is 0.357. The number of hydrazine groups is 1. The Labute approximate surface area is 118 Å². The number of aromatic nitrogens is 3. The zero-order chi connectivity index (χ0) is 14.4. The van der Waals surface area contributed by atoms with Gasteiger partial charge in [-0.15, -0.1) is 0 Å². The van der Waals surface area contributed by atoms with Gasteiger partial charge in [0.05, 0.1) is 0 Å². The minimum atomic E-state index is 0.277. The number of anilines is 2. The fourth-order valence-corrected chi connectivity index (χ4v) is 2.05. The summed E-state index contributed by atoms with van der Waals surface area (Å²) in [4.78, 5) is 12.7. The third kappa shape index (κ3) is 3.42. The van der Waals surface area contributed by atoms with Gasteiger partial charge >= 0.3 is 0 Å². The lowest BCUT2D eigenvalue weighted by molar-refractivity contribution is 0.841. The first-order valence-electron chi connectivity index (χ1n) is 6.67. The lowest BCUT2D eigenvalue weighted by Crippen LogP contribution is -2.16. The number of nitrogen functional groups attached to an aromatic ring is 1. The largest absolute Gasteiger partial charge is 0.369 e. The standard InChI is InChI=1S/C14H20N6/c1-10(2)12-13(18-9-19-14(12)20-15)17-8-6-11-5-3-4-7-16-11/h3-5,7,9-10H,6,8,15H2,1-2H3,(H2,17,18,19,20). The molecule has 6 heteroatoms. The third-order valence-corrected chi connectivity index (χ3v) is 3.00. The summed E-state index contributed by atoms with van der Waals surface area (Å²) in [6, 6.07) is 5.91. The van der Waals surface area contributed by atoms with Crippen molar-refractivity contribution in [2.75, 3.05) is 17.3 Å². The molecule has 0 fully saturated rings. The van der Waals surface area contributed by atoms with Crippen molar-refractivity contribution in [3.63, 3.8) is 0 Å². The summed E-state index contributed by atoms with van der Waals surface area (Å²) in [5.41, 5.74) is 4.67. The van der Waals surface area contributed by atoms with Crippen molar-refractivity contribution in [2.24, 2.45) is 5.84 Å². The molecule has 2 rings (SSSR count). The summed E-state index contributed by atoms with van der Waals surface area (Å²) in [6.07, 6.45) is 4.15. The van der Waals surface area contributed by atoms with Crippen LogP contribution in [0.25, 0.3) is 0 Å². The number of nitrogens with two attached hydrogens (primary N) is 1. The summed E-state index contributed by atoms with van der Waals surface area (Å²) in [5.74, 6) is 7.26. The summed E-state index contributed by atoms with van der Waals surface area (Å²) in [6.45, 7) is 4.94. The van der Waals surface area contributed by atoms with E-state index >= 15 is 0 Å². The van der Waals surface area contributed by atoms with Gasteiger partial charge in [-0.25, -0.2) is 15.8 Å². The highest BCUT2D eigenvalue weighted by molar-refractivity contribution is 5.58. The lowest BCUT2D eigenvalue weighted by atomic mass is 10.0. The van der Waals surface area contributed by atoms with Crippen molar-refractivity contribution in [3.05, 3.63) is 42.0 Å². The Morgan fingerprint density at radius 1 is 1.15 bits per heavy atom. The van der Waals surface area contributed by atoms with Gasteiger partial charge in [-0.1, -0.05) is 19.9 Å². The summed E-state index contributed by atoms with van der Waals surface area (Å²) < 4.78 is 0. The second-order valence-corrected chi connectivity index (χ2v) is 4.78. The van der Waals surface area contributed by atoms with Crippen LogP contribution in [0.2, 0.25) is 0 Å². The average Bonchev–Trinajstić information content (AvgIpc) is 2.47. The van der Waals surface area contributed by atoms with Gasteiger partial charge in [-0.05, 0) is 18.1 Å². The maximum Gasteiger partial charge on any atom is 0.148 e. The third-order valence-electron chi connectivity index (χ3n) is 3.00. The molecule has 106 valence electrons. The van der Waals surface area contributed by atoms with E-state index in [1.165, 1.54) is 6.33 Å². The van der Waals surface area contributed by atoms with Gasteiger partial charge in [0.2, 0.25) is 0 Å². The van der Waals surface area contributed by atoms with E-state index in [-0.39, 0.29) is 5.92 Å². The molecule has 0 aromatic carbocycles. The molecule has 0 aliphatic rings. The zero-order valence-corrected chi connectivity index (χ0v) is 11.8. The molecule has 0 bridgehead atoms. The smallest absolute Gasteiger partial charge is 0.148 e. The van der Waals surface area contributed by atoms with E-state index in [2.05, 4.69) is 39.5 Å². The van der Waals surface area contributed by atoms with Crippen molar-refractivity contribution in [3.8, 4) is 0 Å². The molecule has 2 aromatic rings. The first kappa shape index (κ1) is 14.2. The molecule has 6 nitrogen and oxygen atoms in total. The van der Waals surface area contributed by atoms with Crippen LogP contribution >= 0.6 is 0 Å². The molecule has 0 aliphatic carbocycles. The van der Waals surface area contributed by atoms with Crippen LogP contribution in [0, 0.1) is 0 Å². The normalized spacial score (nSPS) is 10.6. The zero-order valence-electron chi connectivity index (χ0n) is 11.8. The monoisotopic (exact) mass is 272 g/mol. The van der Waals surface area contributed by atoms with Gasteiger partial charge in [0, 0.05) is 30.4 Å². The molecule has 0 unspecified atom stereocenters. The molecule has 0 saturated heterocycles. The minimum Gasteiger partial charge on any atom is -0.369 e. The Kier molecular flexibility index (Phi) is 4.84. The molecule has 20 heavy (non-hydrogen) atoms. The second-order valence-electron chi connectivity index (χ2n) is 4.78. The van der Waals surface area contributed by atoms with E-state index < -0.39 is 0 Å². The molecule has 0 atom stereocenters. The fourth-order valence-electron chi connectivity index (χ4n) is 2.05. The van der Waals surface area contributed by atoms with Crippen molar-refractivity contribution < 1.29 is 0 Å². The van der Waals surface area contributed by atoms with E-state index in [0.29, 0.717) is 5.82 Å². The van der Waals surface area contributed by atoms with Gasteiger partial charge in [0.25, 0.3) is 0 Å². The van der Waals surface area contributed by atoms with Crippen molar-refractivity contribution in [1.82, 2.24) is 15.0 Å². The number of rotatable bonds is 6. The number of pyridine rings is 1. The Hall–Kier alpha value is -2.21. The van der Waals surface area contributed by atoms with E-state index in [1.807, 2.05) is 18.2 Å². The number of nitrogens with zero attached hydrogens (tertiary/aromatic N) is 3. The Morgan fingerprint density at radius 3 is 2.60 bits per heavy atom. The van der Waals surface area contributed by atoms with Crippen LogP contribution in [0.3, 0.4) is 0 Å². The van der Waals surface area contributed by atoms with Crippen LogP contribution < -0.4 is 16.6 Å². The topological polar surface area (TPSA) is 88.8 Å². The van der Waals surface area contributed by atoms with Crippen molar-refractivity contribution in [1.29, 1.82) is 0 Å². The predicted molar refractivity (Wildman–Crippen MR) is 80.4 cm³/mol. The highest BCUT2D eigenvalue weighted by Crippen LogP contribution is 2.27. The maximum absolute atomic E-state index is 5.50. The van der Waals surface area contributed by atoms with Crippen LogP contribution in [-0.2, 0) is 6.42 Å². The number of hydrogen-bond acceptors (Lipinski definition) is 6. The predicted octanol–water partition coefficient (Wildman–Crippen LogP) is 1.94. The Bertz CT molecular complexity index is 541. The molecular weight excluding hydrogens is 252 g/mol. The summed E-state index contributed by atoms with van der Waals surface area (Å²) in [5, 5.41) is 3.33. The summed E-state index contributed by atoms with van der Waals surface area (Å²) >= 11 is 0. The Morgan fingerprint density at radius 2 is 1.95 bits per heavy atom. The lowest BCUT2D eigenvalue weighted by Gasteiger charge is -2.16. The number of nitrogens with one attached hydrogen (secondary N) is 2. The van der Waals surface area contributed by atoms with Gasteiger partial charge in [0.1, 0.15) is 18.0 Å². The van der Waals surface area contributed by atoms with Gasteiger partial charge < -0.3 is 10.7 Å². The van der Waals surface area contributed by atoms with E-state index in [0.717, 1.165) is 30.0 Å². The minimum absolute atomic E-state index is 0.277. The molecule has 0 amide bonds. The summed E-state index contributed by atoms with van der Waals surface area (Å²) in [7, 11) is 0. The van der Waals surface area contributed by atoms with Crippen LogP contribution in [0.15, 0.2) is 30.7 Å². The molecule has 2 heterocycles. The average molecular weight is 272 g/mol. The van der Waals surface area contributed by atoms with Crippen LogP contribution in [0.4, 0.5) is 11.6 Å². The van der Waals surface area contributed by atoms with Crippen molar-refractivity contribution in [2.45, 2.75) is 26.2 Å². The molecular formula is C14H20N6. The Balaban J connectivity index is 2.06. The quantitative estimate of drug-likeness (QED) is 0.550. The molecule has 0 spiro atoms. The molecule has 0 aliphatic heterocycles.